The van der Waals surface area contributed by atoms with E-state index >= 15 is 0 Å². The van der Waals surface area contributed by atoms with E-state index in [0.717, 1.165) is 16.5 Å². The van der Waals surface area contributed by atoms with Gasteiger partial charge in [0.2, 0.25) is 0 Å². The highest BCUT2D eigenvalue weighted by molar-refractivity contribution is 6.37. The molecule has 1 aliphatic heterocycles. The third-order valence-corrected chi connectivity index (χ3v) is 4.73. The van der Waals surface area contributed by atoms with Crippen molar-refractivity contribution in [1.29, 1.82) is 0 Å². The maximum atomic E-state index is 12.4. The van der Waals surface area contributed by atoms with Gasteiger partial charge in [-0.25, -0.2) is 0 Å². The fourth-order valence-corrected chi connectivity index (χ4v) is 3.45. The van der Waals surface area contributed by atoms with Crippen molar-refractivity contribution in [2.75, 3.05) is 4.90 Å². The van der Waals surface area contributed by atoms with Gasteiger partial charge in [-0.15, -0.1) is 0 Å². The molecule has 4 rings (SSSR count). The number of hydrogen-bond acceptors (Lipinski definition) is 4. The molecule has 1 aromatic heterocycles. The fourth-order valence-electron chi connectivity index (χ4n) is 3.10. The number of hydrogen-bond donors (Lipinski definition) is 1. The molecule has 0 unspecified atom stereocenters. The van der Waals surface area contributed by atoms with Gasteiger partial charge in [-0.1, -0.05) is 29.8 Å². The number of carbonyl (C=O) groups excluding carboxylic acids is 1. The van der Waals surface area contributed by atoms with Crippen LogP contribution in [0.2, 0.25) is 0 Å². The van der Waals surface area contributed by atoms with Gasteiger partial charge in [0.15, 0.2) is 11.3 Å². The minimum absolute atomic E-state index is 0.000340. The summed E-state index contributed by atoms with van der Waals surface area (Å²) in [6, 6.07) is 13.3. The number of benzene rings is 2. The van der Waals surface area contributed by atoms with Crippen molar-refractivity contribution in [2.45, 2.75) is 11.5 Å². The van der Waals surface area contributed by atoms with E-state index < -0.39 is 16.5 Å². The van der Waals surface area contributed by atoms with Crippen LogP contribution in [0.25, 0.3) is 10.9 Å². The zero-order chi connectivity index (χ0) is 16.8. The summed E-state index contributed by atoms with van der Waals surface area (Å²) in [5.41, 5.74) is 1.70. The Morgan fingerprint density at radius 3 is 2.54 bits per heavy atom. The standard InChI is InChI=1S/C17H12ClN3O3/c18-17-16(22)15(13-9-19-14-4-2-1-3-12(13)14)20(17)10-5-7-11(8-6-10)21(23)24/h1-9,15,17,19H/t15-,17+/m0/s1. The van der Waals surface area contributed by atoms with Crippen LogP contribution in [0, 0.1) is 10.1 Å². The summed E-state index contributed by atoms with van der Waals surface area (Å²) in [5.74, 6) is -0.0835. The summed E-state index contributed by atoms with van der Waals surface area (Å²) < 4.78 is 0. The second-order valence-corrected chi connectivity index (χ2v) is 6.02. The van der Waals surface area contributed by atoms with Gasteiger partial charge in [-0.3, -0.25) is 14.9 Å². The summed E-state index contributed by atoms with van der Waals surface area (Å²) in [4.78, 5) is 27.6. The molecule has 7 heteroatoms. The van der Waals surface area contributed by atoms with Gasteiger partial charge in [-0.2, -0.15) is 0 Å². The Balaban J connectivity index is 1.74. The number of ketones is 1. The Hall–Kier alpha value is -2.86. The van der Waals surface area contributed by atoms with Crippen molar-refractivity contribution < 1.29 is 9.72 Å². The van der Waals surface area contributed by atoms with Gasteiger partial charge in [0.1, 0.15) is 6.04 Å². The van der Waals surface area contributed by atoms with Gasteiger partial charge < -0.3 is 9.88 Å². The van der Waals surface area contributed by atoms with Crippen LogP contribution in [0.15, 0.2) is 54.7 Å². The minimum Gasteiger partial charge on any atom is -0.361 e. The molecule has 1 fully saturated rings. The first-order chi connectivity index (χ1) is 11.6. The number of carbonyl (C=O) groups is 1. The number of aromatic amines is 1. The molecule has 2 heterocycles. The van der Waals surface area contributed by atoms with Gasteiger partial charge in [0.25, 0.3) is 5.69 Å². The van der Waals surface area contributed by atoms with Crippen LogP contribution >= 0.6 is 11.6 Å². The first kappa shape index (κ1) is 14.7. The van der Waals surface area contributed by atoms with Crippen LogP contribution in [0.4, 0.5) is 11.4 Å². The molecule has 2 atom stereocenters. The predicted molar refractivity (Wildman–Crippen MR) is 91.3 cm³/mol. The normalized spacial score (nSPS) is 20.2. The average Bonchev–Trinajstić information content (AvgIpc) is 3.02. The number of aromatic nitrogens is 1. The van der Waals surface area contributed by atoms with Gasteiger partial charge >= 0.3 is 0 Å². The number of nitrogens with zero attached hydrogens (tertiary/aromatic N) is 2. The molecule has 3 aromatic rings. The van der Waals surface area contributed by atoms with Crippen LogP contribution in [0.3, 0.4) is 0 Å². The molecule has 6 nitrogen and oxygen atoms in total. The van der Waals surface area contributed by atoms with Crippen LogP contribution in [0.1, 0.15) is 11.6 Å². The average molecular weight is 342 g/mol. The minimum atomic E-state index is -0.773. The molecule has 0 saturated carbocycles. The van der Waals surface area contributed by atoms with E-state index in [1.54, 1.807) is 17.0 Å². The Morgan fingerprint density at radius 1 is 1.12 bits per heavy atom. The van der Waals surface area contributed by atoms with Crippen molar-refractivity contribution in [3.05, 3.63) is 70.4 Å². The van der Waals surface area contributed by atoms with Gasteiger partial charge in [0.05, 0.1) is 4.92 Å². The lowest BCUT2D eigenvalue weighted by atomic mass is 9.91. The van der Waals surface area contributed by atoms with Crippen molar-refractivity contribution >= 4 is 39.7 Å². The summed E-state index contributed by atoms with van der Waals surface area (Å²) in [6.45, 7) is 0. The van der Waals surface area contributed by atoms with E-state index in [1.165, 1.54) is 12.1 Å². The Morgan fingerprint density at radius 2 is 1.83 bits per heavy atom. The molecule has 24 heavy (non-hydrogen) atoms. The number of nitrogens with one attached hydrogen (secondary N) is 1. The number of nitro benzene ring substituents is 1. The number of rotatable bonds is 3. The zero-order valence-corrected chi connectivity index (χ0v) is 13.1. The second kappa shape index (κ2) is 5.35. The largest absolute Gasteiger partial charge is 0.361 e. The van der Waals surface area contributed by atoms with E-state index in [-0.39, 0.29) is 11.5 Å². The number of non-ortho nitro benzene ring substituents is 1. The smallest absolute Gasteiger partial charge is 0.269 e. The van der Waals surface area contributed by atoms with Crippen LogP contribution in [-0.4, -0.2) is 21.2 Å². The molecule has 0 bridgehead atoms. The molecule has 120 valence electrons. The van der Waals surface area contributed by atoms with E-state index in [4.69, 9.17) is 11.6 Å². The topological polar surface area (TPSA) is 79.2 Å². The molecule has 0 amide bonds. The lowest BCUT2D eigenvalue weighted by Gasteiger charge is -2.45. The van der Waals surface area contributed by atoms with Gasteiger partial charge in [0, 0.05) is 40.5 Å². The number of H-pyrrole nitrogens is 1. The molecule has 1 aliphatic rings. The van der Waals surface area contributed by atoms with E-state index in [2.05, 4.69) is 4.98 Å². The highest BCUT2D eigenvalue weighted by Gasteiger charge is 2.48. The number of halogens is 1. The van der Waals surface area contributed by atoms with Crippen molar-refractivity contribution in [3.63, 3.8) is 0 Å². The number of alkyl halides is 1. The highest BCUT2D eigenvalue weighted by atomic mass is 35.5. The lowest BCUT2D eigenvalue weighted by molar-refractivity contribution is -0.384. The predicted octanol–water partition coefficient (Wildman–Crippen LogP) is 3.77. The maximum Gasteiger partial charge on any atom is 0.269 e. The van der Waals surface area contributed by atoms with Gasteiger partial charge in [-0.05, 0) is 18.2 Å². The van der Waals surface area contributed by atoms with E-state index in [0.29, 0.717) is 5.69 Å². The highest BCUT2D eigenvalue weighted by Crippen LogP contribution is 2.43. The number of para-hydroxylation sites is 1. The second-order valence-electron chi connectivity index (χ2n) is 5.61. The lowest BCUT2D eigenvalue weighted by Crippen LogP contribution is -2.56. The van der Waals surface area contributed by atoms with Crippen molar-refractivity contribution in [2.24, 2.45) is 0 Å². The maximum absolute atomic E-state index is 12.4. The van der Waals surface area contributed by atoms with Crippen LogP contribution < -0.4 is 4.90 Å². The molecule has 0 spiro atoms. The van der Waals surface area contributed by atoms with Crippen molar-refractivity contribution in [3.8, 4) is 0 Å². The van der Waals surface area contributed by atoms with Crippen LogP contribution in [0.5, 0.6) is 0 Å². The summed E-state index contributed by atoms with van der Waals surface area (Å²) in [7, 11) is 0. The third kappa shape index (κ3) is 2.07. The number of Topliss-reactive ketones (excluding diaryl/α,β-unsaturated/α-hetero) is 1. The first-order valence-electron chi connectivity index (χ1n) is 7.34. The number of anilines is 1. The fraction of sp³-hybridized carbons (Fsp3) is 0.118. The van der Waals surface area contributed by atoms with Crippen molar-refractivity contribution in [1.82, 2.24) is 4.98 Å². The Bertz CT molecular complexity index is 951. The van der Waals surface area contributed by atoms with E-state index in [1.807, 2.05) is 30.5 Å². The Kier molecular flexibility index (Phi) is 3.28. The third-order valence-electron chi connectivity index (χ3n) is 4.30. The zero-order valence-electron chi connectivity index (χ0n) is 12.3. The molecular weight excluding hydrogens is 330 g/mol. The molecule has 1 N–H and O–H groups in total. The number of nitro groups is 1. The molecule has 0 aliphatic carbocycles. The quantitative estimate of drug-likeness (QED) is 0.340. The summed E-state index contributed by atoms with van der Waals surface area (Å²) >= 11 is 6.20. The Labute approximate surface area is 141 Å². The first-order valence-corrected chi connectivity index (χ1v) is 7.78. The monoisotopic (exact) mass is 341 g/mol. The summed E-state index contributed by atoms with van der Waals surface area (Å²) in [6.07, 6.45) is 1.81. The van der Waals surface area contributed by atoms with Crippen LogP contribution in [-0.2, 0) is 4.79 Å². The molecular formula is C17H12ClN3O3. The SMILES string of the molecule is O=C1[C@H](c2c[nH]c3ccccc23)N(c2ccc([N+](=O)[O-])cc2)[C@H]1Cl. The molecule has 2 aromatic carbocycles. The summed E-state index contributed by atoms with van der Waals surface area (Å²) in [5, 5.41) is 11.8. The molecule has 0 radical (unpaired) electrons. The number of fused-ring (bicyclic) bond motifs is 1. The van der Waals surface area contributed by atoms with E-state index in [9.17, 15) is 14.9 Å². The molecule has 1 saturated heterocycles.